The predicted octanol–water partition coefficient (Wildman–Crippen LogP) is 2.86. The average molecular weight is 416 g/mol. The molecule has 8 heteroatoms. The highest BCUT2D eigenvalue weighted by Gasteiger charge is 2.33. The van der Waals surface area contributed by atoms with Crippen LogP contribution in [-0.4, -0.2) is 34.0 Å². The first-order valence-electron chi connectivity index (χ1n) is 7.74. The second-order valence-electron chi connectivity index (χ2n) is 5.64. The molecule has 0 aliphatic carbocycles. The lowest BCUT2D eigenvalue weighted by Crippen LogP contribution is -2.32. The van der Waals surface area contributed by atoms with Crippen molar-refractivity contribution in [3.05, 3.63) is 46.0 Å². The molecule has 1 aromatic carbocycles. The van der Waals surface area contributed by atoms with Crippen LogP contribution in [0.1, 0.15) is 42.6 Å². The van der Waals surface area contributed by atoms with Crippen LogP contribution < -0.4 is 5.73 Å². The van der Waals surface area contributed by atoms with E-state index in [1.165, 1.54) is 0 Å². The summed E-state index contributed by atoms with van der Waals surface area (Å²) in [5, 5.41) is 4.06. The van der Waals surface area contributed by atoms with E-state index in [1.54, 1.807) is 0 Å². The second kappa shape index (κ2) is 8.60. The maximum Gasteiger partial charge on any atom is 0.249 e. The Kier molecular flexibility index (Phi) is 6.77. The highest BCUT2D eigenvalue weighted by molar-refractivity contribution is 9.10. The van der Waals surface area contributed by atoms with Gasteiger partial charge in [0.1, 0.15) is 6.04 Å². The van der Waals surface area contributed by atoms with Gasteiger partial charge in [0.05, 0.1) is 0 Å². The molecular formula is C16H20BrClN4O2. The van der Waals surface area contributed by atoms with Crippen LogP contribution in [-0.2, 0) is 11.2 Å². The number of carbonyl (C=O) groups excluding carboxylic acids is 1. The molecule has 0 radical (unpaired) electrons. The van der Waals surface area contributed by atoms with Gasteiger partial charge in [0.15, 0.2) is 5.82 Å². The van der Waals surface area contributed by atoms with Crippen LogP contribution in [0.5, 0.6) is 0 Å². The van der Waals surface area contributed by atoms with Crippen molar-refractivity contribution in [3.63, 3.8) is 0 Å². The summed E-state index contributed by atoms with van der Waals surface area (Å²) in [6.45, 7) is 1.09. The van der Waals surface area contributed by atoms with Crippen molar-refractivity contribution in [2.75, 3.05) is 13.1 Å². The molecule has 3 rings (SSSR count). The topological polar surface area (TPSA) is 85.3 Å². The van der Waals surface area contributed by atoms with E-state index >= 15 is 0 Å². The summed E-state index contributed by atoms with van der Waals surface area (Å²) in [7, 11) is 0. The molecular weight excluding hydrogens is 396 g/mol. The molecule has 0 bridgehead atoms. The van der Waals surface area contributed by atoms with Crippen molar-refractivity contribution < 1.29 is 9.32 Å². The number of aromatic nitrogens is 2. The molecule has 0 saturated carbocycles. The van der Waals surface area contributed by atoms with Gasteiger partial charge in [0, 0.05) is 30.4 Å². The van der Waals surface area contributed by atoms with Gasteiger partial charge in [-0.1, -0.05) is 33.2 Å². The van der Waals surface area contributed by atoms with Crippen molar-refractivity contribution in [1.29, 1.82) is 0 Å². The molecule has 1 saturated heterocycles. The molecule has 2 aromatic rings. The third kappa shape index (κ3) is 4.34. The van der Waals surface area contributed by atoms with Gasteiger partial charge in [-0.15, -0.1) is 12.4 Å². The van der Waals surface area contributed by atoms with Crippen LogP contribution in [0.15, 0.2) is 33.3 Å². The first-order chi connectivity index (χ1) is 11.2. The molecule has 2 heterocycles. The first kappa shape index (κ1) is 18.9. The summed E-state index contributed by atoms with van der Waals surface area (Å²) < 4.78 is 6.44. The fourth-order valence-corrected chi connectivity index (χ4v) is 3.11. The van der Waals surface area contributed by atoms with Gasteiger partial charge in [-0.25, -0.2) is 0 Å². The number of likely N-dealkylation sites (tertiary alicyclic amines) is 1. The molecule has 130 valence electrons. The lowest BCUT2D eigenvalue weighted by Gasteiger charge is -2.21. The molecule has 1 aliphatic heterocycles. The monoisotopic (exact) mass is 414 g/mol. The van der Waals surface area contributed by atoms with Crippen molar-refractivity contribution >= 4 is 34.2 Å². The van der Waals surface area contributed by atoms with Crippen LogP contribution in [0.2, 0.25) is 0 Å². The molecule has 24 heavy (non-hydrogen) atoms. The fourth-order valence-electron chi connectivity index (χ4n) is 2.85. The van der Waals surface area contributed by atoms with Crippen molar-refractivity contribution in [2.24, 2.45) is 5.73 Å². The molecule has 1 aromatic heterocycles. The van der Waals surface area contributed by atoms with E-state index in [4.69, 9.17) is 10.3 Å². The molecule has 1 fully saturated rings. The second-order valence-corrected chi connectivity index (χ2v) is 6.55. The maximum absolute atomic E-state index is 12.1. The van der Waals surface area contributed by atoms with Crippen LogP contribution in [0.4, 0.5) is 0 Å². The van der Waals surface area contributed by atoms with Crippen molar-refractivity contribution in [3.8, 4) is 0 Å². The van der Waals surface area contributed by atoms with Gasteiger partial charge in [-0.2, -0.15) is 4.98 Å². The van der Waals surface area contributed by atoms with E-state index in [-0.39, 0.29) is 24.4 Å². The highest BCUT2D eigenvalue weighted by Crippen LogP contribution is 2.31. The Balaban J connectivity index is 0.00000208. The largest absolute Gasteiger partial charge is 0.337 e. The van der Waals surface area contributed by atoms with E-state index in [9.17, 15) is 4.79 Å². The normalized spacial score (nSPS) is 16.9. The van der Waals surface area contributed by atoms with E-state index in [0.717, 1.165) is 29.4 Å². The van der Waals surface area contributed by atoms with E-state index in [1.807, 2.05) is 29.2 Å². The smallest absolute Gasteiger partial charge is 0.249 e. The number of amides is 1. The van der Waals surface area contributed by atoms with E-state index < -0.39 is 0 Å². The number of hydrogen-bond donors (Lipinski definition) is 1. The summed E-state index contributed by atoms with van der Waals surface area (Å²) in [5.41, 5.74) is 6.59. The molecule has 1 atom stereocenters. The summed E-state index contributed by atoms with van der Waals surface area (Å²) in [4.78, 5) is 18.4. The average Bonchev–Trinajstić information content (AvgIpc) is 3.18. The van der Waals surface area contributed by atoms with Crippen molar-refractivity contribution in [1.82, 2.24) is 15.0 Å². The summed E-state index contributed by atoms with van der Waals surface area (Å²) in [6.07, 6.45) is 2.78. The molecule has 1 amide bonds. The molecule has 6 nitrogen and oxygen atoms in total. The fraction of sp³-hybridized carbons (Fsp3) is 0.438. The number of halogens is 2. The van der Waals surface area contributed by atoms with Gasteiger partial charge in [-0.3, -0.25) is 4.79 Å². The molecule has 2 N–H and O–H groups in total. The Morgan fingerprint density at radius 2 is 2.12 bits per heavy atom. The third-order valence-electron chi connectivity index (χ3n) is 3.98. The number of benzene rings is 1. The minimum absolute atomic E-state index is 0. The van der Waals surface area contributed by atoms with Crippen LogP contribution >= 0.6 is 28.3 Å². The van der Waals surface area contributed by atoms with Gasteiger partial charge in [0.2, 0.25) is 11.8 Å². The Morgan fingerprint density at radius 3 is 2.83 bits per heavy atom. The zero-order valence-electron chi connectivity index (χ0n) is 13.2. The van der Waals surface area contributed by atoms with E-state index in [2.05, 4.69) is 26.1 Å². The summed E-state index contributed by atoms with van der Waals surface area (Å²) in [6, 6.07) is 7.90. The lowest BCUT2D eigenvalue weighted by atomic mass is 10.1. The van der Waals surface area contributed by atoms with E-state index in [0.29, 0.717) is 31.1 Å². The Bertz CT molecular complexity index is 677. The number of rotatable bonds is 5. The predicted molar refractivity (Wildman–Crippen MR) is 95.9 cm³/mol. The Labute approximate surface area is 155 Å². The summed E-state index contributed by atoms with van der Waals surface area (Å²) in [5.74, 6) is 1.23. The van der Waals surface area contributed by atoms with Crippen LogP contribution in [0.3, 0.4) is 0 Å². The minimum Gasteiger partial charge on any atom is -0.337 e. The van der Waals surface area contributed by atoms with Gasteiger partial charge in [0.25, 0.3) is 0 Å². The zero-order valence-corrected chi connectivity index (χ0v) is 15.6. The highest BCUT2D eigenvalue weighted by atomic mass is 79.9. The molecule has 1 aliphatic rings. The van der Waals surface area contributed by atoms with Gasteiger partial charge < -0.3 is 15.2 Å². The molecule has 0 spiro atoms. The van der Waals surface area contributed by atoms with Gasteiger partial charge >= 0.3 is 0 Å². The number of carbonyl (C=O) groups is 1. The number of hydrogen-bond acceptors (Lipinski definition) is 5. The van der Waals surface area contributed by atoms with Crippen LogP contribution in [0, 0.1) is 0 Å². The molecule has 1 unspecified atom stereocenters. The zero-order chi connectivity index (χ0) is 16.2. The van der Waals surface area contributed by atoms with Crippen molar-refractivity contribution in [2.45, 2.75) is 31.7 Å². The first-order valence-corrected chi connectivity index (χ1v) is 8.53. The quantitative estimate of drug-likeness (QED) is 0.811. The summed E-state index contributed by atoms with van der Waals surface area (Å²) >= 11 is 3.42. The lowest BCUT2D eigenvalue weighted by molar-refractivity contribution is -0.132. The standard InChI is InChI=1S/C16H19BrN4O2.ClH/c17-12-5-3-11(4-6-12)10-14-19-16(23-20-14)13-2-1-9-21(13)15(22)7-8-18;/h3-6,13H,1-2,7-10,18H2;1H. The third-order valence-corrected chi connectivity index (χ3v) is 4.50. The van der Waals surface area contributed by atoms with Gasteiger partial charge in [-0.05, 0) is 30.5 Å². The Morgan fingerprint density at radius 1 is 1.38 bits per heavy atom. The van der Waals surface area contributed by atoms with Crippen LogP contribution in [0.25, 0.3) is 0 Å². The number of nitrogens with two attached hydrogens (primary N) is 1. The minimum atomic E-state index is -0.111. The Hall–Kier alpha value is -1.44. The number of nitrogens with zero attached hydrogens (tertiary/aromatic N) is 3. The SMILES string of the molecule is Cl.NCCC(=O)N1CCCC1c1nc(Cc2ccc(Br)cc2)no1. The maximum atomic E-state index is 12.1.